The number of rotatable bonds is 4. The summed E-state index contributed by atoms with van der Waals surface area (Å²) in [6.07, 6.45) is 5.00. The molecule has 0 saturated carbocycles. The molecule has 0 spiro atoms. The van der Waals surface area contributed by atoms with Gasteiger partial charge in [-0.1, -0.05) is 42.1 Å². The number of aliphatic hydroxyl groups excluding tert-OH is 1. The van der Waals surface area contributed by atoms with E-state index in [1.165, 1.54) is 25.7 Å². The minimum absolute atomic E-state index is 0.271. The molecule has 1 aromatic carbocycles. The van der Waals surface area contributed by atoms with Crippen LogP contribution in [0.15, 0.2) is 18.2 Å². The summed E-state index contributed by atoms with van der Waals surface area (Å²) < 4.78 is 0. The minimum Gasteiger partial charge on any atom is -0.391 e. The molecule has 0 bridgehead atoms. The highest BCUT2D eigenvalue weighted by Crippen LogP contribution is 2.30. The highest BCUT2D eigenvalue weighted by molar-refractivity contribution is 6.36. The normalized spacial score (nSPS) is 19.3. The molecular formula is C17H25Cl2NO. The maximum Gasteiger partial charge on any atom is 0.0759 e. The quantitative estimate of drug-likeness (QED) is 0.875. The molecule has 0 aromatic heterocycles. The molecule has 1 fully saturated rings. The number of nitrogens with zero attached hydrogens (tertiary/aromatic N) is 1. The molecule has 1 aliphatic rings. The smallest absolute Gasteiger partial charge is 0.0759 e. The van der Waals surface area contributed by atoms with Gasteiger partial charge in [-0.3, -0.25) is 4.90 Å². The van der Waals surface area contributed by atoms with Gasteiger partial charge in [0.05, 0.1) is 6.10 Å². The van der Waals surface area contributed by atoms with Crippen LogP contribution in [0.3, 0.4) is 0 Å². The van der Waals surface area contributed by atoms with Gasteiger partial charge in [0.2, 0.25) is 0 Å². The van der Waals surface area contributed by atoms with Gasteiger partial charge in [0, 0.05) is 22.0 Å². The topological polar surface area (TPSA) is 23.5 Å². The number of hydrogen-bond acceptors (Lipinski definition) is 2. The van der Waals surface area contributed by atoms with Crippen molar-refractivity contribution in [2.45, 2.75) is 57.6 Å². The Balaban J connectivity index is 2.12. The third-order valence-corrected chi connectivity index (χ3v) is 5.40. The lowest BCUT2D eigenvalue weighted by molar-refractivity contribution is -0.00784. The average molecular weight is 330 g/mol. The van der Waals surface area contributed by atoms with Gasteiger partial charge in [0.25, 0.3) is 0 Å². The molecule has 1 aromatic rings. The Morgan fingerprint density at radius 2 is 1.62 bits per heavy atom. The van der Waals surface area contributed by atoms with Crippen LogP contribution in [0.5, 0.6) is 0 Å². The predicted octanol–water partition coefficient (Wildman–Crippen LogP) is 4.55. The Morgan fingerprint density at radius 1 is 1.10 bits per heavy atom. The van der Waals surface area contributed by atoms with Gasteiger partial charge in [-0.2, -0.15) is 0 Å². The Labute approximate surface area is 138 Å². The van der Waals surface area contributed by atoms with Crippen molar-refractivity contribution >= 4 is 23.2 Å². The molecule has 1 N–H and O–H groups in total. The van der Waals surface area contributed by atoms with Crippen LogP contribution in [0.1, 0.15) is 45.1 Å². The number of hydrogen-bond donors (Lipinski definition) is 1. The third kappa shape index (κ3) is 4.13. The largest absolute Gasteiger partial charge is 0.391 e. The van der Waals surface area contributed by atoms with Crippen molar-refractivity contribution in [1.29, 1.82) is 0 Å². The van der Waals surface area contributed by atoms with Gasteiger partial charge in [-0.05, 0) is 57.5 Å². The summed E-state index contributed by atoms with van der Waals surface area (Å²) in [4.78, 5) is 2.41. The van der Waals surface area contributed by atoms with Crippen molar-refractivity contribution in [2.75, 3.05) is 13.1 Å². The number of benzene rings is 1. The molecule has 1 unspecified atom stereocenters. The van der Waals surface area contributed by atoms with Crippen LogP contribution in [0.2, 0.25) is 10.0 Å². The van der Waals surface area contributed by atoms with Crippen LogP contribution in [0, 0.1) is 0 Å². The summed E-state index contributed by atoms with van der Waals surface area (Å²) in [5.41, 5.74) is 0.573. The lowest BCUT2D eigenvalue weighted by Crippen LogP contribution is -2.53. The van der Waals surface area contributed by atoms with Gasteiger partial charge in [0.1, 0.15) is 0 Å². The summed E-state index contributed by atoms with van der Waals surface area (Å²) in [5.74, 6) is 0. The zero-order valence-electron chi connectivity index (χ0n) is 12.9. The van der Waals surface area contributed by atoms with Crippen LogP contribution in [0.4, 0.5) is 0 Å². The van der Waals surface area contributed by atoms with Gasteiger partial charge < -0.3 is 5.11 Å². The van der Waals surface area contributed by atoms with E-state index in [-0.39, 0.29) is 5.54 Å². The highest BCUT2D eigenvalue weighted by atomic mass is 35.5. The van der Waals surface area contributed by atoms with E-state index in [1.807, 2.05) is 18.2 Å². The molecule has 118 valence electrons. The average Bonchev–Trinajstić information content (AvgIpc) is 2.72. The van der Waals surface area contributed by atoms with Gasteiger partial charge >= 0.3 is 0 Å². The SMILES string of the molecule is CC(C)(C(O)Cc1c(Cl)cccc1Cl)N1CCCCCC1. The Morgan fingerprint density at radius 3 is 2.14 bits per heavy atom. The summed E-state index contributed by atoms with van der Waals surface area (Å²) in [7, 11) is 0. The predicted molar refractivity (Wildman–Crippen MR) is 90.3 cm³/mol. The summed E-state index contributed by atoms with van der Waals surface area (Å²) in [5, 5.41) is 12.0. The minimum atomic E-state index is -0.493. The van der Waals surface area contributed by atoms with Crippen LogP contribution in [0.25, 0.3) is 0 Å². The van der Waals surface area contributed by atoms with Crippen LogP contribution in [-0.4, -0.2) is 34.7 Å². The molecule has 1 atom stereocenters. The molecule has 21 heavy (non-hydrogen) atoms. The standard InChI is InChI=1S/C17H25Cl2NO/c1-17(2,20-10-5-3-4-6-11-20)16(21)12-13-14(18)8-7-9-15(13)19/h7-9,16,21H,3-6,10-12H2,1-2H3. The first-order valence-electron chi connectivity index (χ1n) is 7.79. The van der Waals surface area contributed by atoms with Crippen LogP contribution >= 0.6 is 23.2 Å². The first kappa shape index (κ1) is 17.1. The van der Waals surface area contributed by atoms with Crippen molar-refractivity contribution in [1.82, 2.24) is 4.90 Å². The molecular weight excluding hydrogens is 305 g/mol. The lowest BCUT2D eigenvalue weighted by atomic mass is 9.89. The molecule has 2 rings (SSSR count). The third-order valence-electron chi connectivity index (χ3n) is 4.70. The van der Waals surface area contributed by atoms with E-state index in [0.29, 0.717) is 16.5 Å². The van der Waals surface area contributed by atoms with Gasteiger partial charge in [-0.25, -0.2) is 0 Å². The van der Waals surface area contributed by atoms with Crippen LogP contribution in [-0.2, 0) is 6.42 Å². The zero-order valence-corrected chi connectivity index (χ0v) is 14.4. The molecule has 0 amide bonds. The number of likely N-dealkylation sites (tertiary alicyclic amines) is 1. The molecule has 0 aliphatic carbocycles. The van der Waals surface area contributed by atoms with Crippen molar-refractivity contribution < 1.29 is 5.11 Å². The van der Waals surface area contributed by atoms with Gasteiger partial charge in [-0.15, -0.1) is 0 Å². The first-order valence-corrected chi connectivity index (χ1v) is 8.54. The molecule has 1 aliphatic heterocycles. The molecule has 1 heterocycles. The monoisotopic (exact) mass is 329 g/mol. The number of halogens is 2. The van der Waals surface area contributed by atoms with Crippen molar-refractivity contribution in [3.8, 4) is 0 Å². The fourth-order valence-corrected chi connectivity index (χ4v) is 3.58. The van der Waals surface area contributed by atoms with Crippen molar-refractivity contribution in [3.63, 3.8) is 0 Å². The van der Waals surface area contributed by atoms with E-state index in [2.05, 4.69) is 18.7 Å². The maximum absolute atomic E-state index is 10.8. The van der Waals surface area contributed by atoms with E-state index in [0.717, 1.165) is 18.7 Å². The summed E-state index contributed by atoms with van der Waals surface area (Å²) >= 11 is 12.5. The van der Waals surface area contributed by atoms with E-state index < -0.39 is 6.10 Å². The molecule has 0 radical (unpaired) electrons. The van der Waals surface area contributed by atoms with Crippen molar-refractivity contribution in [3.05, 3.63) is 33.8 Å². The first-order chi connectivity index (χ1) is 9.93. The van der Waals surface area contributed by atoms with E-state index in [4.69, 9.17) is 23.2 Å². The fourth-order valence-electron chi connectivity index (χ4n) is 3.03. The molecule has 4 heteroatoms. The van der Waals surface area contributed by atoms with Crippen LogP contribution < -0.4 is 0 Å². The second-order valence-electron chi connectivity index (χ2n) is 6.48. The lowest BCUT2D eigenvalue weighted by Gasteiger charge is -2.41. The second kappa shape index (κ2) is 7.32. The fraction of sp³-hybridized carbons (Fsp3) is 0.647. The summed E-state index contributed by atoms with van der Waals surface area (Å²) in [6.45, 7) is 6.35. The Kier molecular flexibility index (Phi) is 5.96. The van der Waals surface area contributed by atoms with E-state index >= 15 is 0 Å². The maximum atomic E-state index is 10.8. The highest BCUT2D eigenvalue weighted by Gasteiger charge is 2.35. The molecule has 1 saturated heterocycles. The Bertz CT molecular complexity index is 448. The second-order valence-corrected chi connectivity index (χ2v) is 7.29. The Hall–Kier alpha value is -0.280. The summed E-state index contributed by atoms with van der Waals surface area (Å²) in [6, 6.07) is 5.49. The zero-order chi connectivity index (χ0) is 15.5. The van der Waals surface area contributed by atoms with Gasteiger partial charge in [0.15, 0.2) is 0 Å². The van der Waals surface area contributed by atoms with E-state index in [1.54, 1.807) is 0 Å². The number of aliphatic hydroxyl groups is 1. The van der Waals surface area contributed by atoms with E-state index in [9.17, 15) is 5.11 Å². The molecule has 2 nitrogen and oxygen atoms in total. The van der Waals surface area contributed by atoms with Crippen molar-refractivity contribution in [2.24, 2.45) is 0 Å².